The van der Waals surface area contributed by atoms with Crippen molar-refractivity contribution in [3.63, 3.8) is 0 Å². The smallest absolute Gasteiger partial charge is 0.251 e. The zero-order chi connectivity index (χ0) is 14.7. The number of hydrogen-bond donors (Lipinski definition) is 1. The van der Waals surface area contributed by atoms with Gasteiger partial charge in [0, 0.05) is 42.8 Å². The van der Waals surface area contributed by atoms with Crippen molar-refractivity contribution in [1.82, 2.24) is 14.9 Å². The van der Waals surface area contributed by atoms with Crippen LogP contribution in [0.25, 0.3) is 11.4 Å². The van der Waals surface area contributed by atoms with E-state index in [0.29, 0.717) is 17.9 Å². The van der Waals surface area contributed by atoms with Crippen molar-refractivity contribution in [3.05, 3.63) is 52.2 Å². The average molecular weight is 305 g/mol. The van der Waals surface area contributed by atoms with Gasteiger partial charge in [-0.1, -0.05) is 0 Å². The number of aromatic nitrogens is 2. The van der Waals surface area contributed by atoms with E-state index in [2.05, 4.69) is 14.9 Å². The number of halogens is 1. The monoisotopic (exact) mass is 305 g/mol. The molecule has 1 aromatic carbocycles. The molecule has 0 spiro atoms. The van der Waals surface area contributed by atoms with E-state index >= 15 is 0 Å². The van der Waals surface area contributed by atoms with E-state index < -0.39 is 0 Å². The number of nitrogens with zero attached hydrogens (tertiary/aromatic N) is 2. The summed E-state index contributed by atoms with van der Waals surface area (Å²) in [5, 5.41) is 0. The predicted molar refractivity (Wildman–Crippen MR) is 82.9 cm³/mol. The predicted octanol–water partition coefficient (Wildman–Crippen LogP) is 2.12. The standard InChI is InChI=1S/C15H16FN3OS/c16-12-3-1-11(2-4-12)15-17-13(9-14(20)18-15)10-19-5-7-21-8-6-19/h1-4,9H,5-8,10H2,(H,17,18,20). The molecule has 2 heterocycles. The third kappa shape index (κ3) is 3.71. The van der Waals surface area contributed by atoms with Crippen LogP contribution in [0.5, 0.6) is 0 Å². The van der Waals surface area contributed by atoms with Crippen LogP contribution >= 0.6 is 11.8 Å². The topological polar surface area (TPSA) is 49.0 Å². The summed E-state index contributed by atoms with van der Waals surface area (Å²) in [5.74, 6) is 2.43. The van der Waals surface area contributed by atoms with Crippen LogP contribution in [0.4, 0.5) is 4.39 Å². The molecule has 3 rings (SSSR count). The Kier molecular flexibility index (Phi) is 4.36. The van der Waals surface area contributed by atoms with Gasteiger partial charge in [0.2, 0.25) is 0 Å². The molecular weight excluding hydrogens is 289 g/mol. The minimum atomic E-state index is -0.303. The second-order valence-corrected chi connectivity index (χ2v) is 6.21. The number of aromatic amines is 1. The van der Waals surface area contributed by atoms with Crippen molar-refractivity contribution < 1.29 is 4.39 Å². The van der Waals surface area contributed by atoms with Crippen molar-refractivity contribution in [2.75, 3.05) is 24.6 Å². The Morgan fingerprint density at radius 3 is 2.67 bits per heavy atom. The lowest BCUT2D eigenvalue weighted by Gasteiger charge is -2.25. The fourth-order valence-corrected chi connectivity index (χ4v) is 3.30. The molecule has 1 aliphatic rings. The summed E-state index contributed by atoms with van der Waals surface area (Å²) in [6.45, 7) is 2.72. The first-order valence-electron chi connectivity index (χ1n) is 6.87. The lowest BCUT2D eigenvalue weighted by molar-refractivity contribution is 0.291. The highest BCUT2D eigenvalue weighted by atomic mass is 32.2. The highest BCUT2D eigenvalue weighted by Gasteiger charge is 2.12. The number of rotatable bonds is 3. The van der Waals surface area contributed by atoms with Gasteiger partial charge in [0.15, 0.2) is 0 Å². The quantitative estimate of drug-likeness (QED) is 0.944. The van der Waals surface area contributed by atoms with Crippen LogP contribution in [-0.4, -0.2) is 39.5 Å². The summed E-state index contributed by atoms with van der Waals surface area (Å²) in [6, 6.07) is 7.51. The molecule has 1 saturated heterocycles. The molecule has 2 aromatic rings. The van der Waals surface area contributed by atoms with Gasteiger partial charge in [-0.3, -0.25) is 9.69 Å². The van der Waals surface area contributed by atoms with E-state index in [1.165, 1.54) is 18.2 Å². The molecule has 4 nitrogen and oxygen atoms in total. The highest BCUT2D eigenvalue weighted by Crippen LogP contribution is 2.16. The fourth-order valence-electron chi connectivity index (χ4n) is 2.32. The lowest BCUT2D eigenvalue weighted by Crippen LogP contribution is -2.32. The van der Waals surface area contributed by atoms with Gasteiger partial charge in [0.1, 0.15) is 11.6 Å². The average Bonchev–Trinajstić information content (AvgIpc) is 2.48. The molecule has 1 fully saturated rings. The summed E-state index contributed by atoms with van der Waals surface area (Å²) >= 11 is 1.95. The lowest BCUT2D eigenvalue weighted by atomic mass is 10.2. The Morgan fingerprint density at radius 2 is 1.95 bits per heavy atom. The van der Waals surface area contributed by atoms with Crippen LogP contribution in [0.2, 0.25) is 0 Å². The SMILES string of the molecule is O=c1cc(CN2CCSCC2)nc(-c2ccc(F)cc2)[nH]1. The van der Waals surface area contributed by atoms with Crippen LogP contribution < -0.4 is 5.56 Å². The van der Waals surface area contributed by atoms with E-state index in [0.717, 1.165) is 30.3 Å². The second-order valence-electron chi connectivity index (χ2n) is 4.98. The van der Waals surface area contributed by atoms with E-state index in [4.69, 9.17) is 0 Å². The largest absolute Gasteiger partial charge is 0.307 e. The zero-order valence-electron chi connectivity index (χ0n) is 11.5. The number of thioether (sulfide) groups is 1. The van der Waals surface area contributed by atoms with Crippen molar-refractivity contribution >= 4 is 11.8 Å². The molecule has 1 aromatic heterocycles. The normalized spacial score (nSPS) is 16.0. The summed E-state index contributed by atoms with van der Waals surface area (Å²) in [7, 11) is 0. The first-order chi connectivity index (χ1) is 10.2. The number of hydrogen-bond acceptors (Lipinski definition) is 4. The molecule has 0 aliphatic carbocycles. The number of H-pyrrole nitrogens is 1. The van der Waals surface area contributed by atoms with Gasteiger partial charge < -0.3 is 4.98 Å². The summed E-state index contributed by atoms with van der Waals surface area (Å²) in [4.78, 5) is 21.3. The van der Waals surface area contributed by atoms with Crippen LogP contribution in [0, 0.1) is 5.82 Å². The van der Waals surface area contributed by atoms with E-state index in [1.807, 2.05) is 11.8 Å². The van der Waals surface area contributed by atoms with Gasteiger partial charge in [-0.2, -0.15) is 11.8 Å². The van der Waals surface area contributed by atoms with Gasteiger partial charge in [-0.05, 0) is 24.3 Å². The maximum absolute atomic E-state index is 13.0. The van der Waals surface area contributed by atoms with Crippen LogP contribution in [0.3, 0.4) is 0 Å². The summed E-state index contributed by atoms with van der Waals surface area (Å²) < 4.78 is 13.0. The van der Waals surface area contributed by atoms with Crippen molar-refractivity contribution in [2.24, 2.45) is 0 Å². The molecule has 0 atom stereocenters. The minimum Gasteiger partial charge on any atom is -0.307 e. The minimum absolute atomic E-state index is 0.175. The molecule has 0 radical (unpaired) electrons. The molecule has 6 heteroatoms. The fraction of sp³-hybridized carbons (Fsp3) is 0.333. The molecule has 0 unspecified atom stereocenters. The maximum Gasteiger partial charge on any atom is 0.251 e. The first kappa shape index (κ1) is 14.3. The Balaban J connectivity index is 1.85. The van der Waals surface area contributed by atoms with Crippen LogP contribution in [-0.2, 0) is 6.54 Å². The van der Waals surface area contributed by atoms with Gasteiger partial charge in [-0.15, -0.1) is 0 Å². The highest BCUT2D eigenvalue weighted by molar-refractivity contribution is 7.99. The third-order valence-corrected chi connectivity index (χ3v) is 4.34. The summed E-state index contributed by atoms with van der Waals surface area (Å²) in [5.41, 5.74) is 1.29. The van der Waals surface area contributed by atoms with Crippen molar-refractivity contribution in [2.45, 2.75) is 6.54 Å². The maximum atomic E-state index is 13.0. The molecule has 21 heavy (non-hydrogen) atoms. The first-order valence-corrected chi connectivity index (χ1v) is 8.02. The van der Waals surface area contributed by atoms with Gasteiger partial charge in [-0.25, -0.2) is 9.37 Å². The molecular formula is C15H16FN3OS. The van der Waals surface area contributed by atoms with Gasteiger partial charge in [0.25, 0.3) is 5.56 Å². The van der Waals surface area contributed by atoms with Crippen LogP contribution in [0.1, 0.15) is 5.69 Å². The van der Waals surface area contributed by atoms with E-state index in [-0.39, 0.29) is 11.4 Å². The molecule has 110 valence electrons. The van der Waals surface area contributed by atoms with Gasteiger partial charge >= 0.3 is 0 Å². The van der Waals surface area contributed by atoms with E-state index in [1.54, 1.807) is 12.1 Å². The molecule has 1 aliphatic heterocycles. The van der Waals surface area contributed by atoms with Crippen LogP contribution in [0.15, 0.2) is 35.1 Å². The van der Waals surface area contributed by atoms with E-state index in [9.17, 15) is 9.18 Å². The van der Waals surface area contributed by atoms with Gasteiger partial charge in [0.05, 0.1) is 5.69 Å². The Hall–Kier alpha value is -1.66. The number of benzene rings is 1. The van der Waals surface area contributed by atoms with Crippen molar-refractivity contribution in [3.8, 4) is 11.4 Å². The second kappa shape index (κ2) is 6.41. The van der Waals surface area contributed by atoms with Crippen molar-refractivity contribution in [1.29, 1.82) is 0 Å². The zero-order valence-corrected chi connectivity index (χ0v) is 12.3. The molecule has 0 amide bonds. The number of nitrogens with one attached hydrogen (secondary N) is 1. The summed E-state index contributed by atoms with van der Waals surface area (Å²) in [6.07, 6.45) is 0. The Morgan fingerprint density at radius 1 is 1.24 bits per heavy atom. The third-order valence-electron chi connectivity index (χ3n) is 3.40. The molecule has 0 saturated carbocycles. The molecule has 0 bridgehead atoms. The molecule has 1 N–H and O–H groups in total. The Bertz CT molecular complexity index is 665. The Labute approximate surface area is 126 Å².